The number of nitrogens with zero attached hydrogens (tertiary/aromatic N) is 2. The molecule has 0 aliphatic heterocycles. The van der Waals surface area contributed by atoms with Crippen LogP contribution in [0.3, 0.4) is 0 Å². The van der Waals surface area contributed by atoms with Gasteiger partial charge in [-0.05, 0) is 62.6 Å². The molecular weight excluding hydrogens is 603 g/mol. The van der Waals surface area contributed by atoms with Crippen LogP contribution in [0.15, 0.2) is 72.8 Å². The van der Waals surface area contributed by atoms with Gasteiger partial charge < -0.3 is 10.2 Å². The van der Waals surface area contributed by atoms with Crippen molar-refractivity contribution in [1.29, 1.82) is 0 Å². The maximum absolute atomic E-state index is 14.2. The summed E-state index contributed by atoms with van der Waals surface area (Å²) in [6.07, 6.45) is -3.91. The van der Waals surface area contributed by atoms with E-state index in [-0.39, 0.29) is 18.0 Å². The van der Waals surface area contributed by atoms with Crippen LogP contribution in [0.1, 0.15) is 43.0 Å². The number of amides is 2. The Kier molecular flexibility index (Phi) is 10.6. The van der Waals surface area contributed by atoms with Crippen molar-refractivity contribution in [1.82, 2.24) is 10.2 Å². The lowest BCUT2D eigenvalue weighted by Crippen LogP contribution is -2.56. The summed E-state index contributed by atoms with van der Waals surface area (Å²) in [7, 11) is -4.31. The van der Waals surface area contributed by atoms with E-state index >= 15 is 0 Å². The van der Waals surface area contributed by atoms with Crippen molar-refractivity contribution in [3.63, 3.8) is 0 Å². The van der Waals surface area contributed by atoms with Gasteiger partial charge in [0.05, 0.1) is 22.5 Å². The maximum Gasteiger partial charge on any atom is 0.416 e. The Balaban J connectivity index is 2.14. The van der Waals surface area contributed by atoms with Gasteiger partial charge in [0.2, 0.25) is 21.8 Å². The van der Waals surface area contributed by atoms with E-state index in [1.807, 2.05) is 25.1 Å². The van der Waals surface area contributed by atoms with Crippen LogP contribution in [-0.4, -0.2) is 49.5 Å². The number of nitrogens with one attached hydrogen (secondary N) is 1. The Morgan fingerprint density at radius 3 is 2.12 bits per heavy atom. The summed E-state index contributed by atoms with van der Waals surface area (Å²) in [5.41, 5.74) is 0.00270. The van der Waals surface area contributed by atoms with Crippen LogP contribution in [-0.2, 0) is 38.8 Å². The molecule has 12 heteroatoms. The molecule has 0 saturated carbocycles. The minimum atomic E-state index is -4.78. The summed E-state index contributed by atoms with van der Waals surface area (Å²) in [5.74, 6) is -1.27. The van der Waals surface area contributed by atoms with Gasteiger partial charge in [-0.2, -0.15) is 13.2 Å². The van der Waals surface area contributed by atoms with E-state index in [0.29, 0.717) is 15.9 Å². The quantitative estimate of drug-likeness (QED) is 0.296. The number of halogens is 4. The SMILES string of the molecule is Cc1ccccc1CN(C(=O)CN(c1cc(C(F)(F)F)ccc1Cl)S(C)(=O)=O)[C@H](Cc1ccccc1)C(=O)NC(C)(C)C. The molecule has 3 aromatic rings. The third-order valence-electron chi connectivity index (χ3n) is 6.59. The van der Waals surface area contributed by atoms with Crippen LogP contribution < -0.4 is 9.62 Å². The van der Waals surface area contributed by atoms with Crippen LogP contribution in [0.5, 0.6) is 0 Å². The molecule has 0 spiro atoms. The summed E-state index contributed by atoms with van der Waals surface area (Å²) in [4.78, 5) is 29.2. The Labute approximate surface area is 255 Å². The van der Waals surface area contributed by atoms with Crippen LogP contribution in [0, 0.1) is 6.92 Å². The molecule has 7 nitrogen and oxygen atoms in total. The molecule has 43 heavy (non-hydrogen) atoms. The van der Waals surface area contributed by atoms with Crippen LogP contribution in [0.4, 0.5) is 18.9 Å². The fourth-order valence-corrected chi connectivity index (χ4v) is 5.58. The van der Waals surface area contributed by atoms with Crippen molar-refractivity contribution < 1.29 is 31.2 Å². The first-order valence-electron chi connectivity index (χ1n) is 13.4. The smallest absolute Gasteiger partial charge is 0.350 e. The average molecular weight is 638 g/mol. The predicted molar refractivity (Wildman–Crippen MR) is 162 cm³/mol. The average Bonchev–Trinajstić information content (AvgIpc) is 2.89. The highest BCUT2D eigenvalue weighted by Crippen LogP contribution is 2.36. The largest absolute Gasteiger partial charge is 0.416 e. The van der Waals surface area contributed by atoms with Gasteiger partial charge >= 0.3 is 6.18 Å². The molecule has 1 N–H and O–H groups in total. The fraction of sp³-hybridized carbons (Fsp3) is 0.355. The molecule has 0 heterocycles. The second-order valence-corrected chi connectivity index (χ2v) is 13.6. The molecule has 0 aliphatic carbocycles. The van der Waals surface area contributed by atoms with Gasteiger partial charge in [0.25, 0.3) is 0 Å². The van der Waals surface area contributed by atoms with E-state index < -0.39 is 57.4 Å². The second-order valence-electron chi connectivity index (χ2n) is 11.3. The number of alkyl halides is 3. The van der Waals surface area contributed by atoms with E-state index in [1.54, 1.807) is 57.2 Å². The summed E-state index contributed by atoms with van der Waals surface area (Å²) < 4.78 is 67.0. The van der Waals surface area contributed by atoms with Gasteiger partial charge in [0.1, 0.15) is 12.6 Å². The molecule has 0 fully saturated rings. The van der Waals surface area contributed by atoms with Crippen molar-refractivity contribution in [2.24, 2.45) is 0 Å². The third-order valence-corrected chi connectivity index (χ3v) is 8.04. The molecule has 1 atom stereocenters. The lowest BCUT2D eigenvalue weighted by Gasteiger charge is -2.35. The molecule has 3 rings (SSSR count). The molecule has 0 aromatic heterocycles. The molecule has 0 bridgehead atoms. The summed E-state index contributed by atoms with van der Waals surface area (Å²) in [6.45, 7) is 6.26. The monoisotopic (exact) mass is 637 g/mol. The van der Waals surface area contributed by atoms with Crippen LogP contribution in [0.2, 0.25) is 5.02 Å². The maximum atomic E-state index is 14.2. The second kappa shape index (κ2) is 13.4. The van der Waals surface area contributed by atoms with Crippen molar-refractivity contribution in [2.45, 2.75) is 58.4 Å². The Hall–Kier alpha value is -3.57. The number of hydrogen-bond acceptors (Lipinski definition) is 4. The zero-order chi connectivity index (χ0) is 32.2. The first kappa shape index (κ1) is 33.9. The van der Waals surface area contributed by atoms with Gasteiger partial charge in [-0.15, -0.1) is 0 Å². The predicted octanol–water partition coefficient (Wildman–Crippen LogP) is 5.99. The number of hydrogen-bond donors (Lipinski definition) is 1. The number of rotatable bonds is 10. The zero-order valence-electron chi connectivity index (χ0n) is 24.6. The Bertz CT molecular complexity index is 1560. The van der Waals surface area contributed by atoms with Gasteiger partial charge in [0, 0.05) is 18.5 Å². The van der Waals surface area contributed by atoms with Gasteiger partial charge in [-0.25, -0.2) is 8.42 Å². The van der Waals surface area contributed by atoms with Gasteiger partial charge in [-0.1, -0.05) is 66.2 Å². The van der Waals surface area contributed by atoms with E-state index in [9.17, 15) is 31.2 Å². The number of sulfonamides is 1. The van der Waals surface area contributed by atoms with Gasteiger partial charge in [-0.3, -0.25) is 13.9 Å². The number of aryl methyl sites for hydroxylation is 1. The highest BCUT2D eigenvalue weighted by molar-refractivity contribution is 7.92. The van der Waals surface area contributed by atoms with Crippen LogP contribution >= 0.6 is 11.6 Å². The number of carbonyl (C=O) groups excluding carboxylic acids is 2. The zero-order valence-corrected chi connectivity index (χ0v) is 26.1. The molecule has 0 unspecified atom stereocenters. The first-order valence-corrected chi connectivity index (χ1v) is 15.6. The van der Waals surface area contributed by atoms with E-state index in [2.05, 4.69) is 5.32 Å². The molecule has 0 radical (unpaired) electrons. The molecule has 2 amide bonds. The summed E-state index contributed by atoms with van der Waals surface area (Å²) in [6, 6.07) is 17.4. The molecule has 0 saturated heterocycles. The molecule has 0 aliphatic rings. The minimum Gasteiger partial charge on any atom is -0.350 e. The van der Waals surface area contributed by atoms with E-state index in [1.165, 1.54) is 4.90 Å². The minimum absolute atomic E-state index is 0.0610. The van der Waals surface area contributed by atoms with Crippen molar-refractivity contribution in [3.05, 3.63) is 100 Å². The number of benzene rings is 3. The molecule has 3 aromatic carbocycles. The summed E-state index contributed by atoms with van der Waals surface area (Å²) in [5, 5.41) is 2.62. The lowest BCUT2D eigenvalue weighted by atomic mass is 10.00. The standard InChI is InChI=1S/C31H35ClF3N3O4S/c1-21-11-9-10-14-23(21)19-37(27(29(40)36-30(2,3)4)17-22-12-7-6-8-13-22)28(39)20-38(43(5,41)42)26-18-24(31(33,34)35)15-16-25(26)32/h6-16,18,27H,17,19-20H2,1-5H3,(H,36,40)/t27-/m1/s1. The first-order chi connectivity index (χ1) is 19.9. The molecule has 232 valence electrons. The normalized spacial score (nSPS) is 12.9. The lowest BCUT2D eigenvalue weighted by molar-refractivity contribution is -0.140. The number of anilines is 1. The summed E-state index contributed by atoms with van der Waals surface area (Å²) >= 11 is 6.19. The molecular formula is C31H35ClF3N3O4S. The van der Waals surface area contributed by atoms with Crippen molar-refractivity contribution in [2.75, 3.05) is 17.1 Å². The highest BCUT2D eigenvalue weighted by atomic mass is 35.5. The Morgan fingerprint density at radius 1 is 0.953 bits per heavy atom. The van der Waals surface area contributed by atoms with E-state index in [0.717, 1.165) is 29.5 Å². The van der Waals surface area contributed by atoms with Crippen molar-refractivity contribution in [3.8, 4) is 0 Å². The highest BCUT2D eigenvalue weighted by Gasteiger charge is 2.36. The Morgan fingerprint density at radius 2 is 1.56 bits per heavy atom. The topological polar surface area (TPSA) is 86.8 Å². The third kappa shape index (κ3) is 9.46. The van der Waals surface area contributed by atoms with E-state index in [4.69, 9.17) is 11.6 Å². The number of carbonyl (C=O) groups is 2. The fourth-order valence-electron chi connectivity index (χ4n) is 4.45. The van der Waals surface area contributed by atoms with Gasteiger partial charge in [0.15, 0.2) is 0 Å². The van der Waals surface area contributed by atoms with Crippen LogP contribution in [0.25, 0.3) is 0 Å². The van der Waals surface area contributed by atoms with Crippen molar-refractivity contribution >= 4 is 39.1 Å².